The fraction of sp³-hybridized carbons (Fsp3) is 0.333. The number of nitrogens with one attached hydrogen (secondary N) is 2. The third kappa shape index (κ3) is 5.38. The summed E-state index contributed by atoms with van der Waals surface area (Å²) in [5.74, 6) is -0.250. The predicted molar refractivity (Wildman–Crippen MR) is 100 cm³/mol. The number of non-ortho nitro benzene ring substituents is 1. The van der Waals surface area contributed by atoms with Crippen LogP contribution in [-0.2, 0) is 4.79 Å². The van der Waals surface area contributed by atoms with Crippen LogP contribution in [0.25, 0.3) is 0 Å². The standard InChI is InChI=1S/C18H21N3O4S/c1-12(2)17(15-4-3-11-26-15)20-16(22)9-10-19-18(23)13-5-7-14(8-6-13)21(24)25/h3-8,11-12,17H,9-10H2,1-2H3,(H,19,23)(H,20,22)/t17-/m0/s1. The fourth-order valence-electron chi connectivity index (χ4n) is 2.41. The summed E-state index contributed by atoms with van der Waals surface area (Å²) in [4.78, 5) is 35.4. The number of hydrogen-bond acceptors (Lipinski definition) is 5. The predicted octanol–water partition coefficient (Wildman–Crippen LogP) is 3.29. The van der Waals surface area contributed by atoms with Crippen LogP contribution in [0, 0.1) is 16.0 Å². The summed E-state index contributed by atoms with van der Waals surface area (Å²) >= 11 is 1.60. The minimum Gasteiger partial charge on any atom is -0.352 e. The third-order valence-electron chi connectivity index (χ3n) is 3.81. The molecule has 0 fully saturated rings. The Hall–Kier alpha value is -2.74. The van der Waals surface area contributed by atoms with Crippen molar-refractivity contribution in [3.05, 3.63) is 62.3 Å². The number of hydrogen-bond donors (Lipinski definition) is 2. The van der Waals surface area contributed by atoms with Crippen LogP contribution >= 0.6 is 11.3 Å². The summed E-state index contributed by atoms with van der Waals surface area (Å²) in [5, 5.41) is 18.2. The van der Waals surface area contributed by atoms with Crippen molar-refractivity contribution in [2.45, 2.75) is 26.3 Å². The Kier molecular flexibility index (Phi) is 6.85. The second-order valence-corrected chi connectivity index (χ2v) is 7.09. The van der Waals surface area contributed by atoms with E-state index in [0.717, 1.165) is 4.88 Å². The van der Waals surface area contributed by atoms with Gasteiger partial charge in [0.15, 0.2) is 0 Å². The molecule has 0 unspecified atom stereocenters. The lowest BCUT2D eigenvalue weighted by molar-refractivity contribution is -0.384. The number of rotatable bonds is 8. The Morgan fingerprint density at radius 1 is 1.19 bits per heavy atom. The summed E-state index contributed by atoms with van der Waals surface area (Å²) in [7, 11) is 0. The third-order valence-corrected chi connectivity index (χ3v) is 4.77. The minimum absolute atomic E-state index is 0.0483. The van der Waals surface area contributed by atoms with Crippen molar-refractivity contribution >= 4 is 28.8 Å². The molecule has 0 radical (unpaired) electrons. The van der Waals surface area contributed by atoms with Crippen molar-refractivity contribution in [2.75, 3.05) is 6.54 Å². The van der Waals surface area contributed by atoms with Crippen LogP contribution in [0.4, 0.5) is 5.69 Å². The van der Waals surface area contributed by atoms with Crippen molar-refractivity contribution in [3.8, 4) is 0 Å². The zero-order chi connectivity index (χ0) is 19.1. The van der Waals surface area contributed by atoms with Gasteiger partial charge in [-0.3, -0.25) is 19.7 Å². The summed E-state index contributed by atoms with van der Waals surface area (Å²) in [6.07, 6.45) is 0.160. The smallest absolute Gasteiger partial charge is 0.269 e. The average molecular weight is 375 g/mol. The highest BCUT2D eigenvalue weighted by atomic mass is 32.1. The Balaban J connectivity index is 1.81. The molecule has 0 saturated carbocycles. The first kappa shape index (κ1) is 19.6. The molecule has 0 aliphatic heterocycles. The van der Waals surface area contributed by atoms with Gasteiger partial charge >= 0.3 is 0 Å². The molecule has 2 N–H and O–H groups in total. The molecule has 138 valence electrons. The van der Waals surface area contributed by atoms with E-state index in [1.807, 2.05) is 31.4 Å². The molecule has 26 heavy (non-hydrogen) atoms. The maximum absolute atomic E-state index is 12.2. The molecule has 2 amide bonds. The highest BCUT2D eigenvalue weighted by Gasteiger charge is 2.19. The van der Waals surface area contributed by atoms with Crippen molar-refractivity contribution in [2.24, 2.45) is 5.92 Å². The van der Waals surface area contributed by atoms with Crippen LogP contribution in [-0.4, -0.2) is 23.3 Å². The molecule has 0 aliphatic carbocycles. The van der Waals surface area contributed by atoms with Crippen molar-refractivity contribution < 1.29 is 14.5 Å². The SMILES string of the molecule is CC(C)[C@H](NC(=O)CCNC(=O)c1ccc([N+](=O)[O-])cc1)c1cccs1. The molecule has 1 heterocycles. The highest BCUT2D eigenvalue weighted by molar-refractivity contribution is 7.10. The van der Waals surface area contributed by atoms with Crippen molar-refractivity contribution in [1.82, 2.24) is 10.6 Å². The number of nitro benzene ring substituents is 1. The van der Waals surface area contributed by atoms with Gasteiger partial charge in [-0.1, -0.05) is 19.9 Å². The van der Waals surface area contributed by atoms with Gasteiger partial charge < -0.3 is 10.6 Å². The van der Waals surface area contributed by atoms with Crippen LogP contribution in [0.5, 0.6) is 0 Å². The zero-order valence-electron chi connectivity index (χ0n) is 14.6. The minimum atomic E-state index is -0.523. The van der Waals surface area contributed by atoms with Gasteiger partial charge in [-0.05, 0) is 29.5 Å². The molecule has 1 atom stereocenters. The monoisotopic (exact) mass is 375 g/mol. The molecule has 0 saturated heterocycles. The fourth-order valence-corrected chi connectivity index (χ4v) is 3.36. The van der Waals surface area contributed by atoms with E-state index in [-0.39, 0.29) is 42.4 Å². The van der Waals surface area contributed by atoms with Gasteiger partial charge in [-0.25, -0.2) is 0 Å². The largest absolute Gasteiger partial charge is 0.352 e. The lowest BCUT2D eigenvalue weighted by atomic mass is 10.0. The van der Waals surface area contributed by atoms with Gasteiger partial charge in [-0.15, -0.1) is 11.3 Å². The van der Waals surface area contributed by atoms with Gasteiger partial charge in [0.1, 0.15) is 0 Å². The summed E-state index contributed by atoms with van der Waals surface area (Å²) in [6, 6.07) is 9.22. The molecule has 1 aromatic carbocycles. The molecule has 1 aromatic heterocycles. The van der Waals surface area contributed by atoms with Crippen LogP contribution in [0.2, 0.25) is 0 Å². The Labute approximate surface area is 155 Å². The molecule has 2 rings (SSSR count). The second kappa shape index (κ2) is 9.10. The molecular weight excluding hydrogens is 354 g/mol. The highest BCUT2D eigenvalue weighted by Crippen LogP contribution is 2.25. The Morgan fingerprint density at radius 3 is 2.42 bits per heavy atom. The van der Waals surface area contributed by atoms with Crippen LogP contribution < -0.4 is 10.6 Å². The van der Waals surface area contributed by atoms with Crippen LogP contribution in [0.15, 0.2) is 41.8 Å². The first-order valence-electron chi connectivity index (χ1n) is 8.24. The molecule has 8 heteroatoms. The molecule has 7 nitrogen and oxygen atoms in total. The number of carbonyl (C=O) groups excluding carboxylic acids is 2. The van der Waals surface area contributed by atoms with Gasteiger partial charge in [0.25, 0.3) is 11.6 Å². The lowest BCUT2D eigenvalue weighted by Gasteiger charge is -2.21. The van der Waals surface area contributed by atoms with Crippen LogP contribution in [0.3, 0.4) is 0 Å². The van der Waals surface area contributed by atoms with Gasteiger partial charge in [0, 0.05) is 35.5 Å². The van der Waals surface area contributed by atoms with E-state index in [4.69, 9.17) is 0 Å². The van der Waals surface area contributed by atoms with E-state index >= 15 is 0 Å². The summed E-state index contributed by atoms with van der Waals surface area (Å²) < 4.78 is 0. The van der Waals surface area contributed by atoms with Gasteiger partial charge in [-0.2, -0.15) is 0 Å². The molecule has 0 spiro atoms. The quantitative estimate of drug-likeness (QED) is 0.546. The van der Waals surface area contributed by atoms with Gasteiger partial charge in [0.2, 0.25) is 5.91 Å². The molecular formula is C18H21N3O4S. The summed E-state index contributed by atoms with van der Waals surface area (Å²) in [5.41, 5.74) is 0.240. The van der Waals surface area contributed by atoms with E-state index in [0.29, 0.717) is 5.56 Å². The molecule has 2 aromatic rings. The number of thiophene rings is 1. The van der Waals surface area contributed by atoms with E-state index in [1.165, 1.54) is 24.3 Å². The number of amides is 2. The Morgan fingerprint density at radius 2 is 1.88 bits per heavy atom. The lowest BCUT2D eigenvalue weighted by Crippen LogP contribution is -2.34. The van der Waals surface area contributed by atoms with Crippen molar-refractivity contribution in [3.63, 3.8) is 0 Å². The van der Waals surface area contributed by atoms with Crippen molar-refractivity contribution in [1.29, 1.82) is 0 Å². The number of benzene rings is 1. The normalized spacial score (nSPS) is 11.8. The van der Waals surface area contributed by atoms with E-state index in [2.05, 4.69) is 10.6 Å². The maximum atomic E-state index is 12.2. The number of nitrogens with zero attached hydrogens (tertiary/aromatic N) is 1. The maximum Gasteiger partial charge on any atom is 0.269 e. The number of nitro groups is 1. The van der Waals surface area contributed by atoms with E-state index in [9.17, 15) is 19.7 Å². The zero-order valence-corrected chi connectivity index (χ0v) is 15.4. The van der Waals surface area contributed by atoms with Gasteiger partial charge in [0.05, 0.1) is 11.0 Å². The Bertz CT molecular complexity index is 757. The topological polar surface area (TPSA) is 101 Å². The average Bonchev–Trinajstić information content (AvgIpc) is 3.13. The molecule has 0 bridgehead atoms. The van der Waals surface area contributed by atoms with E-state index in [1.54, 1.807) is 11.3 Å². The number of carbonyl (C=O) groups is 2. The second-order valence-electron chi connectivity index (χ2n) is 6.11. The first-order chi connectivity index (χ1) is 12.4. The summed E-state index contributed by atoms with van der Waals surface area (Å²) in [6.45, 7) is 4.28. The van der Waals surface area contributed by atoms with Crippen LogP contribution in [0.1, 0.15) is 41.5 Å². The first-order valence-corrected chi connectivity index (χ1v) is 9.12. The van der Waals surface area contributed by atoms with E-state index < -0.39 is 4.92 Å². The molecule has 0 aliphatic rings.